The van der Waals surface area contributed by atoms with Crippen LogP contribution in [0.2, 0.25) is 0 Å². The molecule has 3 heterocycles. The topological polar surface area (TPSA) is 66.7 Å². The number of Topliss-reactive ketones (excluding diaryl/α,β-unsaturated/α-hetero) is 1. The Morgan fingerprint density at radius 3 is 2.43 bits per heavy atom. The fraction of sp³-hybridized carbons (Fsp3) is 0.318. The number of ketones is 1. The zero-order chi connectivity index (χ0) is 19.5. The summed E-state index contributed by atoms with van der Waals surface area (Å²) in [6.45, 7) is 5.34. The minimum atomic E-state index is -0.143. The Kier molecular flexibility index (Phi) is 5.21. The molecule has 2 aromatic heterocycles. The number of aromatic nitrogens is 2. The number of nitrogens with one attached hydrogen (secondary N) is 1. The molecule has 0 radical (unpaired) electrons. The maximum Gasteiger partial charge on any atom is 0.271 e. The predicted octanol–water partition coefficient (Wildman–Crippen LogP) is 3.03. The number of hydrogen-bond acceptors (Lipinski definition) is 4. The second-order valence-electron chi connectivity index (χ2n) is 7.25. The minimum Gasteiger partial charge on any atom is -0.349 e. The zero-order valence-corrected chi connectivity index (χ0v) is 16.0. The molecule has 0 saturated carbocycles. The van der Waals surface area contributed by atoms with E-state index in [0.29, 0.717) is 17.8 Å². The molecule has 1 aromatic carbocycles. The van der Waals surface area contributed by atoms with Crippen LogP contribution < -0.4 is 5.32 Å². The number of hydrogen-bond donors (Lipinski definition) is 1. The third kappa shape index (κ3) is 3.97. The van der Waals surface area contributed by atoms with Gasteiger partial charge in [0.25, 0.3) is 5.91 Å². The monoisotopic (exact) mass is 376 g/mol. The van der Waals surface area contributed by atoms with Crippen LogP contribution in [-0.4, -0.2) is 52.2 Å². The number of fused-ring (bicyclic) bond motifs is 1. The zero-order valence-electron chi connectivity index (χ0n) is 16.0. The number of nitrogens with zero attached hydrogens (tertiary/aromatic N) is 3. The second kappa shape index (κ2) is 7.94. The standard InChI is InChI=1S/C22H24N4O2/c1-16(27)17-4-6-18(7-5-17)19-8-9-21-24-20(15-26(21)14-19)22(28)23-10-13-25-11-2-3-12-25/h4-9,14-15H,2-3,10-13H2,1H3,(H,23,28). The lowest BCUT2D eigenvalue weighted by Crippen LogP contribution is -2.33. The van der Waals surface area contributed by atoms with Crippen molar-refractivity contribution in [3.05, 3.63) is 60.0 Å². The Labute approximate surface area is 164 Å². The van der Waals surface area contributed by atoms with Gasteiger partial charge in [-0.3, -0.25) is 9.59 Å². The first-order valence-corrected chi connectivity index (χ1v) is 9.71. The SMILES string of the molecule is CC(=O)c1ccc(-c2ccc3nc(C(=O)NCCN4CCCC4)cn3c2)cc1. The highest BCUT2D eigenvalue weighted by Crippen LogP contribution is 2.21. The maximum atomic E-state index is 12.4. The van der Waals surface area contributed by atoms with Crippen molar-refractivity contribution in [1.29, 1.82) is 0 Å². The van der Waals surface area contributed by atoms with Gasteiger partial charge < -0.3 is 14.6 Å². The normalized spacial score (nSPS) is 14.5. The van der Waals surface area contributed by atoms with Crippen LogP contribution >= 0.6 is 0 Å². The van der Waals surface area contributed by atoms with Gasteiger partial charge in [0.15, 0.2) is 5.78 Å². The van der Waals surface area contributed by atoms with E-state index in [1.54, 1.807) is 13.1 Å². The predicted molar refractivity (Wildman–Crippen MR) is 109 cm³/mol. The van der Waals surface area contributed by atoms with Crippen molar-refractivity contribution in [3.63, 3.8) is 0 Å². The molecular formula is C22H24N4O2. The summed E-state index contributed by atoms with van der Waals surface area (Å²) in [6, 6.07) is 11.4. The van der Waals surface area contributed by atoms with E-state index in [9.17, 15) is 9.59 Å². The van der Waals surface area contributed by atoms with Crippen LogP contribution in [0.4, 0.5) is 0 Å². The van der Waals surface area contributed by atoms with Crippen molar-refractivity contribution in [3.8, 4) is 11.1 Å². The number of likely N-dealkylation sites (tertiary alicyclic amines) is 1. The molecule has 0 spiro atoms. The summed E-state index contributed by atoms with van der Waals surface area (Å²) in [5.74, 6) is -0.0905. The van der Waals surface area contributed by atoms with E-state index in [2.05, 4.69) is 15.2 Å². The largest absolute Gasteiger partial charge is 0.349 e. The molecule has 4 rings (SSSR count). The Balaban J connectivity index is 1.46. The van der Waals surface area contributed by atoms with Crippen LogP contribution in [0.3, 0.4) is 0 Å². The number of amides is 1. The van der Waals surface area contributed by atoms with Gasteiger partial charge in [-0.1, -0.05) is 24.3 Å². The minimum absolute atomic E-state index is 0.0528. The van der Waals surface area contributed by atoms with E-state index < -0.39 is 0 Å². The molecule has 0 bridgehead atoms. The van der Waals surface area contributed by atoms with Gasteiger partial charge in [0, 0.05) is 31.0 Å². The van der Waals surface area contributed by atoms with Gasteiger partial charge in [-0.15, -0.1) is 0 Å². The van der Waals surface area contributed by atoms with Crippen molar-refractivity contribution < 1.29 is 9.59 Å². The Morgan fingerprint density at radius 2 is 1.71 bits per heavy atom. The summed E-state index contributed by atoms with van der Waals surface area (Å²) >= 11 is 0. The van der Waals surface area contributed by atoms with Crippen LogP contribution in [-0.2, 0) is 0 Å². The molecule has 28 heavy (non-hydrogen) atoms. The van der Waals surface area contributed by atoms with Crippen molar-refractivity contribution in [2.75, 3.05) is 26.2 Å². The van der Waals surface area contributed by atoms with Gasteiger partial charge in [0.1, 0.15) is 11.3 Å². The molecule has 0 atom stereocenters. The fourth-order valence-electron chi connectivity index (χ4n) is 3.59. The molecular weight excluding hydrogens is 352 g/mol. The third-order valence-electron chi connectivity index (χ3n) is 5.22. The molecule has 1 aliphatic heterocycles. The van der Waals surface area contributed by atoms with E-state index in [1.807, 2.05) is 47.0 Å². The van der Waals surface area contributed by atoms with Crippen molar-refractivity contribution >= 4 is 17.3 Å². The average Bonchev–Trinajstić information content (AvgIpc) is 3.37. The van der Waals surface area contributed by atoms with Gasteiger partial charge in [-0.2, -0.15) is 0 Å². The highest BCUT2D eigenvalue weighted by molar-refractivity contribution is 5.94. The summed E-state index contributed by atoms with van der Waals surface area (Å²) in [7, 11) is 0. The van der Waals surface area contributed by atoms with Crippen LogP contribution in [0.5, 0.6) is 0 Å². The summed E-state index contributed by atoms with van der Waals surface area (Å²) in [6.07, 6.45) is 6.21. The molecule has 1 N–H and O–H groups in total. The molecule has 0 unspecified atom stereocenters. The van der Waals surface area contributed by atoms with Crippen molar-refractivity contribution in [1.82, 2.24) is 19.6 Å². The Hall–Kier alpha value is -2.99. The van der Waals surface area contributed by atoms with Crippen LogP contribution in [0.15, 0.2) is 48.8 Å². The number of carbonyl (C=O) groups is 2. The van der Waals surface area contributed by atoms with Crippen LogP contribution in [0.1, 0.15) is 40.6 Å². The van der Waals surface area contributed by atoms with E-state index in [0.717, 1.165) is 36.4 Å². The number of imidazole rings is 1. The molecule has 0 aliphatic carbocycles. The van der Waals surface area contributed by atoms with Crippen molar-refractivity contribution in [2.24, 2.45) is 0 Å². The molecule has 1 fully saturated rings. The van der Waals surface area contributed by atoms with Gasteiger partial charge in [0.05, 0.1) is 0 Å². The second-order valence-corrected chi connectivity index (χ2v) is 7.25. The van der Waals surface area contributed by atoms with Gasteiger partial charge >= 0.3 is 0 Å². The fourth-order valence-corrected chi connectivity index (χ4v) is 3.59. The summed E-state index contributed by atoms with van der Waals surface area (Å²) in [4.78, 5) is 30.6. The summed E-state index contributed by atoms with van der Waals surface area (Å²) in [5, 5.41) is 2.96. The van der Waals surface area contributed by atoms with Gasteiger partial charge in [0.2, 0.25) is 0 Å². The molecule has 144 valence electrons. The first kappa shape index (κ1) is 18.4. The molecule has 3 aromatic rings. The first-order chi connectivity index (χ1) is 13.6. The van der Waals surface area contributed by atoms with Gasteiger partial charge in [-0.05, 0) is 56.1 Å². The van der Waals surface area contributed by atoms with E-state index in [1.165, 1.54) is 12.8 Å². The maximum absolute atomic E-state index is 12.4. The Morgan fingerprint density at radius 1 is 1.00 bits per heavy atom. The summed E-state index contributed by atoms with van der Waals surface area (Å²) in [5.41, 5.74) is 3.86. The quantitative estimate of drug-likeness (QED) is 0.672. The van der Waals surface area contributed by atoms with Gasteiger partial charge in [-0.25, -0.2) is 4.98 Å². The molecule has 6 nitrogen and oxygen atoms in total. The molecule has 1 amide bonds. The molecule has 1 saturated heterocycles. The lowest BCUT2D eigenvalue weighted by Gasteiger charge is -2.14. The van der Waals surface area contributed by atoms with E-state index in [-0.39, 0.29) is 11.7 Å². The average molecular weight is 376 g/mol. The number of benzene rings is 1. The molecule has 1 aliphatic rings. The van der Waals surface area contributed by atoms with Crippen LogP contribution in [0, 0.1) is 0 Å². The number of pyridine rings is 1. The third-order valence-corrected chi connectivity index (χ3v) is 5.22. The molecule has 6 heteroatoms. The van der Waals surface area contributed by atoms with E-state index in [4.69, 9.17) is 0 Å². The number of rotatable bonds is 6. The van der Waals surface area contributed by atoms with Crippen molar-refractivity contribution in [2.45, 2.75) is 19.8 Å². The smallest absolute Gasteiger partial charge is 0.271 e. The Bertz CT molecular complexity index is 1000. The van der Waals surface area contributed by atoms with Crippen LogP contribution in [0.25, 0.3) is 16.8 Å². The first-order valence-electron chi connectivity index (χ1n) is 9.71. The lowest BCUT2D eigenvalue weighted by molar-refractivity contribution is 0.0944. The lowest BCUT2D eigenvalue weighted by atomic mass is 10.0. The number of carbonyl (C=O) groups excluding carboxylic acids is 2. The van der Waals surface area contributed by atoms with E-state index >= 15 is 0 Å². The highest BCUT2D eigenvalue weighted by Gasteiger charge is 2.14. The summed E-state index contributed by atoms with van der Waals surface area (Å²) < 4.78 is 1.86. The highest BCUT2D eigenvalue weighted by atomic mass is 16.2.